The third kappa shape index (κ3) is 2.72. The topological polar surface area (TPSA) is 18.5 Å². The van der Waals surface area contributed by atoms with Gasteiger partial charge in [0, 0.05) is 0 Å². The fourth-order valence-corrected chi connectivity index (χ4v) is 2.09. The Bertz CT molecular complexity index is 508. The van der Waals surface area contributed by atoms with Gasteiger partial charge in [-0.1, -0.05) is 17.7 Å². The summed E-state index contributed by atoms with van der Waals surface area (Å²) in [5.41, 5.74) is -0.887. The Hall–Kier alpha value is -1.01. The summed E-state index contributed by atoms with van der Waals surface area (Å²) < 4.78 is 50.1. The van der Waals surface area contributed by atoms with Crippen molar-refractivity contribution in [3.05, 3.63) is 29.3 Å². The van der Waals surface area contributed by atoms with Gasteiger partial charge in [0.2, 0.25) is 0 Å². The molecule has 0 radical (unpaired) electrons. The molecule has 0 aliphatic carbocycles. The van der Waals surface area contributed by atoms with Crippen LogP contribution in [-0.4, -0.2) is 18.3 Å². The molecule has 2 nitrogen and oxygen atoms in total. The van der Waals surface area contributed by atoms with Crippen LogP contribution in [0.1, 0.15) is 38.8 Å². The van der Waals surface area contributed by atoms with E-state index in [0.29, 0.717) is 11.0 Å². The Morgan fingerprint density at radius 3 is 1.90 bits per heavy atom. The first-order valence-corrected chi connectivity index (χ1v) is 6.47. The zero-order chi connectivity index (χ0) is 15.3. The summed E-state index contributed by atoms with van der Waals surface area (Å²) in [5.74, 6) is 0. The maximum absolute atomic E-state index is 12.9. The molecular formula is C14H18BF3O2. The molecule has 20 heavy (non-hydrogen) atoms. The molecule has 1 aliphatic rings. The number of rotatable bonds is 1. The molecule has 6 heteroatoms. The first-order chi connectivity index (χ1) is 8.92. The van der Waals surface area contributed by atoms with E-state index < -0.39 is 30.1 Å². The van der Waals surface area contributed by atoms with Crippen molar-refractivity contribution < 1.29 is 22.5 Å². The molecule has 0 aromatic heterocycles. The van der Waals surface area contributed by atoms with E-state index in [1.165, 1.54) is 0 Å². The Labute approximate surface area is 117 Å². The highest BCUT2D eigenvalue weighted by atomic mass is 19.4. The summed E-state index contributed by atoms with van der Waals surface area (Å²) in [6, 6.07) is 3.88. The van der Waals surface area contributed by atoms with Crippen molar-refractivity contribution in [1.82, 2.24) is 0 Å². The molecule has 0 bridgehead atoms. The van der Waals surface area contributed by atoms with E-state index in [1.54, 1.807) is 13.0 Å². The monoisotopic (exact) mass is 286 g/mol. The molecule has 0 amide bonds. The van der Waals surface area contributed by atoms with Gasteiger partial charge in [0.1, 0.15) is 0 Å². The van der Waals surface area contributed by atoms with Crippen LogP contribution in [0.3, 0.4) is 0 Å². The molecule has 0 spiro atoms. The van der Waals surface area contributed by atoms with Gasteiger partial charge in [-0.15, -0.1) is 0 Å². The van der Waals surface area contributed by atoms with Gasteiger partial charge in [0.05, 0.1) is 16.8 Å². The molecule has 1 heterocycles. The first kappa shape index (κ1) is 15.4. The maximum atomic E-state index is 12.9. The van der Waals surface area contributed by atoms with E-state index in [0.717, 1.165) is 12.1 Å². The summed E-state index contributed by atoms with van der Waals surface area (Å²) >= 11 is 0. The summed E-state index contributed by atoms with van der Waals surface area (Å²) in [6.07, 6.45) is -4.37. The van der Waals surface area contributed by atoms with E-state index in [9.17, 15) is 13.2 Å². The SMILES string of the molecule is Cc1cc(B2OC(C)(C)C(C)(C)O2)cc(C(F)(F)F)c1. The van der Waals surface area contributed by atoms with Crippen molar-refractivity contribution in [2.45, 2.75) is 52.0 Å². The van der Waals surface area contributed by atoms with Crippen LogP contribution in [0.25, 0.3) is 0 Å². The zero-order valence-corrected chi connectivity index (χ0v) is 12.3. The molecule has 0 unspecified atom stereocenters. The molecule has 110 valence electrons. The number of hydrogen-bond acceptors (Lipinski definition) is 2. The minimum atomic E-state index is -4.37. The maximum Gasteiger partial charge on any atom is 0.494 e. The van der Waals surface area contributed by atoms with Crippen LogP contribution in [0.4, 0.5) is 13.2 Å². The molecular weight excluding hydrogens is 268 g/mol. The Morgan fingerprint density at radius 1 is 0.950 bits per heavy atom. The van der Waals surface area contributed by atoms with E-state index in [-0.39, 0.29) is 0 Å². The fourth-order valence-electron chi connectivity index (χ4n) is 2.09. The van der Waals surface area contributed by atoms with Crippen molar-refractivity contribution in [3.63, 3.8) is 0 Å². The quantitative estimate of drug-likeness (QED) is 0.737. The lowest BCUT2D eigenvalue weighted by atomic mass is 9.77. The lowest BCUT2D eigenvalue weighted by Crippen LogP contribution is -2.41. The van der Waals surface area contributed by atoms with Gasteiger partial charge in [-0.3, -0.25) is 0 Å². The lowest BCUT2D eigenvalue weighted by molar-refractivity contribution is -0.137. The smallest absolute Gasteiger partial charge is 0.399 e. The van der Waals surface area contributed by atoms with Gasteiger partial charge in [-0.25, -0.2) is 0 Å². The molecule has 1 aromatic rings. The molecule has 0 atom stereocenters. The van der Waals surface area contributed by atoms with E-state index >= 15 is 0 Å². The molecule has 1 aromatic carbocycles. The fraction of sp³-hybridized carbons (Fsp3) is 0.571. The van der Waals surface area contributed by atoms with E-state index in [1.807, 2.05) is 27.7 Å². The number of halogens is 3. The van der Waals surface area contributed by atoms with Crippen LogP contribution in [0.5, 0.6) is 0 Å². The average molecular weight is 286 g/mol. The minimum absolute atomic E-state index is 0.399. The predicted octanol–water partition coefficient (Wildman–Crippen LogP) is 3.31. The molecule has 0 N–H and O–H groups in total. The molecule has 1 aliphatic heterocycles. The van der Waals surface area contributed by atoms with Gasteiger partial charge in [-0.05, 0) is 46.1 Å². The van der Waals surface area contributed by atoms with Crippen molar-refractivity contribution in [2.75, 3.05) is 0 Å². The van der Waals surface area contributed by atoms with Crippen LogP contribution in [0.15, 0.2) is 18.2 Å². The Morgan fingerprint density at radius 2 is 1.45 bits per heavy atom. The van der Waals surface area contributed by atoms with Gasteiger partial charge >= 0.3 is 13.3 Å². The van der Waals surface area contributed by atoms with Crippen LogP contribution in [0.2, 0.25) is 0 Å². The highest BCUT2D eigenvalue weighted by molar-refractivity contribution is 6.62. The summed E-state index contributed by atoms with van der Waals surface area (Å²) in [5, 5.41) is 0. The van der Waals surface area contributed by atoms with Crippen molar-refractivity contribution in [3.8, 4) is 0 Å². The highest BCUT2D eigenvalue weighted by Crippen LogP contribution is 2.37. The predicted molar refractivity (Wildman–Crippen MR) is 71.9 cm³/mol. The summed E-state index contributed by atoms with van der Waals surface area (Å²) in [7, 11) is -0.777. The van der Waals surface area contributed by atoms with Crippen LogP contribution >= 0.6 is 0 Å². The second kappa shape index (κ2) is 4.50. The third-order valence-corrected chi connectivity index (χ3v) is 3.95. The third-order valence-electron chi connectivity index (χ3n) is 3.95. The lowest BCUT2D eigenvalue weighted by Gasteiger charge is -2.32. The normalized spacial score (nSPS) is 21.3. The van der Waals surface area contributed by atoms with Crippen LogP contribution in [-0.2, 0) is 15.5 Å². The summed E-state index contributed by atoms with van der Waals surface area (Å²) in [4.78, 5) is 0. The van der Waals surface area contributed by atoms with Crippen LogP contribution < -0.4 is 5.46 Å². The second-order valence-corrected chi connectivity index (χ2v) is 6.22. The van der Waals surface area contributed by atoms with Gasteiger partial charge in [0.15, 0.2) is 0 Å². The number of hydrogen-bond donors (Lipinski definition) is 0. The number of aryl methyl sites for hydroxylation is 1. The molecule has 1 fully saturated rings. The van der Waals surface area contributed by atoms with E-state index in [4.69, 9.17) is 9.31 Å². The van der Waals surface area contributed by atoms with Gasteiger partial charge in [-0.2, -0.15) is 13.2 Å². The average Bonchev–Trinajstić information content (AvgIpc) is 2.46. The summed E-state index contributed by atoms with van der Waals surface area (Å²) in [6.45, 7) is 9.10. The largest absolute Gasteiger partial charge is 0.494 e. The van der Waals surface area contributed by atoms with Gasteiger partial charge < -0.3 is 9.31 Å². The van der Waals surface area contributed by atoms with Crippen LogP contribution in [0, 0.1) is 6.92 Å². The first-order valence-electron chi connectivity index (χ1n) is 6.47. The standard InChI is InChI=1S/C14H18BF3O2/c1-9-6-10(14(16,17)18)8-11(7-9)15-19-12(2,3)13(4,5)20-15/h6-8H,1-5H3. The Balaban J connectivity index is 2.38. The Kier molecular flexibility index (Phi) is 3.46. The minimum Gasteiger partial charge on any atom is -0.399 e. The molecule has 1 saturated heterocycles. The second-order valence-electron chi connectivity index (χ2n) is 6.22. The van der Waals surface area contributed by atoms with Gasteiger partial charge in [0.25, 0.3) is 0 Å². The zero-order valence-electron chi connectivity index (χ0n) is 12.3. The highest BCUT2D eigenvalue weighted by Gasteiger charge is 2.52. The molecule has 0 saturated carbocycles. The number of benzene rings is 1. The number of alkyl halides is 3. The van der Waals surface area contributed by atoms with E-state index in [2.05, 4.69) is 0 Å². The van der Waals surface area contributed by atoms with Crippen molar-refractivity contribution in [1.29, 1.82) is 0 Å². The van der Waals surface area contributed by atoms with Crippen molar-refractivity contribution in [2.24, 2.45) is 0 Å². The molecule has 2 rings (SSSR count). The van der Waals surface area contributed by atoms with Crippen molar-refractivity contribution >= 4 is 12.6 Å².